The fraction of sp³-hybridized carbons (Fsp3) is 0.316. The lowest BCUT2D eigenvalue weighted by atomic mass is 10.3. The Kier molecular flexibility index (Phi) is 5.99. The van der Waals surface area contributed by atoms with Crippen LogP contribution in [0.25, 0.3) is 0 Å². The highest BCUT2D eigenvalue weighted by molar-refractivity contribution is 6.31. The molecular weight excluding hydrogens is 385 g/mol. The Hall–Kier alpha value is -2.87. The first kappa shape index (κ1) is 19.9. The van der Waals surface area contributed by atoms with Gasteiger partial charge in [0.25, 0.3) is 0 Å². The minimum atomic E-state index is -0.460. The number of benzene rings is 1. The number of aromatic nitrogens is 4. The van der Waals surface area contributed by atoms with Crippen LogP contribution >= 0.6 is 11.6 Å². The average Bonchev–Trinajstić information content (AvgIpc) is 3.09. The molecule has 2 heterocycles. The molecule has 0 amide bonds. The third-order valence-corrected chi connectivity index (χ3v) is 4.65. The molecule has 148 valence electrons. The molecule has 0 aliphatic heterocycles. The highest BCUT2D eigenvalue weighted by atomic mass is 35.5. The van der Waals surface area contributed by atoms with Crippen LogP contribution in [0.1, 0.15) is 29.6 Å². The molecule has 0 saturated heterocycles. The number of oxime groups is 1. The normalized spacial score (nSPS) is 11.4. The van der Waals surface area contributed by atoms with E-state index in [-0.39, 0.29) is 12.4 Å². The summed E-state index contributed by atoms with van der Waals surface area (Å²) >= 11 is 6.30. The van der Waals surface area contributed by atoms with Gasteiger partial charge in [0.05, 0.1) is 33.9 Å². The molecule has 3 aromatic rings. The van der Waals surface area contributed by atoms with Gasteiger partial charge in [0, 0.05) is 14.1 Å². The van der Waals surface area contributed by atoms with Crippen LogP contribution in [0.5, 0.6) is 11.6 Å². The van der Waals surface area contributed by atoms with Crippen molar-refractivity contribution in [3.63, 3.8) is 0 Å². The van der Waals surface area contributed by atoms with E-state index in [1.807, 2.05) is 6.92 Å². The van der Waals surface area contributed by atoms with Crippen molar-refractivity contribution in [2.75, 3.05) is 0 Å². The second-order valence-electron chi connectivity index (χ2n) is 6.15. The van der Waals surface area contributed by atoms with Crippen LogP contribution in [0, 0.1) is 12.7 Å². The zero-order valence-corrected chi connectivity index (χ0v) is 16.9. The summed E-state index contributed by atoms with van der Waals surface area (Å²) < 4.78 is 22.8. The summed E-state index contributed by atoms with van der Waals surface area (Å²) in [6.07, 6.45) is 2.23. The van der Waals surface area contributed by atoms with E-state index < -0.39 is 5.82 Å². The van der Waals surface area contributed by atoms with Gasteiger partial charge in [0.1, 0.15) is 0 Å². The maximum Gasteiger partial charge on any atom is 0.226 e. The number of nitrogens with zero attached hydrogens (tertiary/aromatic N) is 5. The lowest BCUT2D eigenvalue weighted by Gasteiger charge is -2.07. The van der Waals surface area contributed by atoms with E-state index in [2.05, 4.69) is 15.4 Å². The van der Waals surface area contributed by atoms with E-state index >= 15 is 0 Å². The van der Waals surface area contributed by atoms with Crippen molar-refractivity contribution in [3.05, 3.63) is 57.8 Å². The standard InChI is InChI=1S/C19H21ClFN5O2/c1-5-15-18(20)16(25(3)24-15)11-27-22-10-13-12(2)23-26(4)19(13)28-17-9-7-6-8-14(17)21/h6-10H,5,11H2,1-4H3/b22-10+. The number of hydrogen-bond acceptors (Lipinski definition) is 5. The van der Waals surface area contributed by atoms with Crippen LogP contribution in [0.15, 0.2) is 29.4 Å². The first-order valence-corrected chi connectivity index (χ1v) is 9.11. The van der Waals surface area contributed by atoms with E-state index in [0.29, 0.717) is 22.2 Å². The SMILES string of the molecule is CCc1nn(C)c(CO/N=C/c2c(C)nn(C)c2Oc2ccccc2F)c1Cl. The second-order valence-corrected chi connectivity index (χ2v) is 6.53. The zero-order valence-electron chi connectivity index (χ0n) is 16.1. The molecule has 0 fully saturated rings. The van der Waals surface area contributed by atoms with Crippen molar-refractivity contribution < 1.29 is 14.0 Å². The van der Waals surface area contributed by atoms with E-state index in [1.54, 1.807) is 43.9 Å². The van der Waals surface area contributed by atoms with Crippen LogP contribution in [0.3, 0.4) is 0 Å². The number of hydrogen-bond donors (Lipinski definition) is 0. The van der Waals surface area contributed by atoms with E-state index in [9.17, 15) is 4.39 Å². The topological polar surface area (TPSA) is 66.5 Å². The van der Waals surface area contributed by atoms with Gasteiger partial charge in [-0.1, -0.05) is 35.8 Å². The summed E-state index contributed by atoms with van der Waals surface area (Å²) in [4.78, 5) is 5.39. The van der Waals surface area contributed by atoms with Gasteiger partial charge >= 0.3 is 0 Å². The predicted molar refractivity (Wildman–Crippen MR) is 104 cm³/mol. The maximum absolute atomic E-state index is 13.9. The molecule has 0 atom stereocenters. The van der Waals surface area contributed by atoms with Crippen molar-refractivity contribution in [1.82, 2.24) is 19.6 Å². The molecular formula is C19H21ClFN5O2. The average molecular weight is 406 g/mol. The largest absolute Gasteiger partial charge is 0.436 e. The van der Waals surface area contributed by atoms with Crippen molar-refractivity contribution in [3.8, 4) is 11.6 Å². The molecule has 3 rings (SSSR count). The Morgan fingerprint density at radius 3 is 2.64 bits per heavy atom. The summed E-state index contributed by atoms with van der Waals surface area (Å²) in [5.41, 5.74) is 2.82. The molecule has 28 heavy (non-hydrogen) atoms. The van der Waals surface area contributed by atoms with Gasteiger partial charge in [-0.25, -0.2) is 9.07 Å². The number of ether oxygens (including phenoxy) is 1. The molecule has 0 aliphatic rings. The molecule has 1 aromatic carbocycles. The Bertz CT molecular complexity index is 1010. The first-order valence-electron chi connectivity index (χ1n) is 8.73. The van der Waals surface area contributed by atoms with Gasteiger partial charge in [0.15, 0.2) is 18.2 Å². The fourth-order valence-electron chi connectivity index (χ4n) is 2.72. The number of rotatable bonds is 7. The minimum Gasteiger partial charge on any atom is -0.436 e. The minimum absolute atomic E-state index is 0.106. The van der Waals surface area contributed by atoms with Gasteiger partial charge in [-0.15, -0.1) is 0 Å². The third kappa shape index (κ3) is 4.01. The highest BCUT2D eigenvalue weighted by Crippen LogP contribution is 2.28. The Labute approximate surface area is 167 Å². The quantitative estimate of drug-likeness (QED) is 0.437. The van der Waals surface area contributed by atoms with Crippen molar-refractivity contribution in [2.24, 2.45) is 19.3 Å². The Morgan fingerprint density at radius 2 is 1.96 bits per heavy atom. The molecule has 0 radical (unpaired) electrons. The van der Waals surface area contributed by atoms with E-state index in [0.717, 1.165) is 17.8 Å². The maximum atomic E-state index is 13.9. The molecule has 9 heteroatoms. The lowest BCUT2D eigenvalue weighted by molar-refractivity contribution is 0.126. The third-order valence-electron chi connectivity index (χ3n) is 4.22. The van der Waals surface area contributed by atoms with Gasteiger partial charge in [-0.3, -0.25) is 4.68 Å². The summed E-state index contributed by atoms with van der Waals surface area (Å²) in [5, 5.41) is 13.2. The van der Waals surface area contributed by atoms with Gasteiger partial charge in [0.2, 0.25) is 5.88 Å². The molecule has 7 nitrogen and oxygen atoms in total. The number of aryl methyl sites for hydroxylation is 4. The smallest absolute Gasteiger partial charge is 0.226 e. The highest BCUT2D eigenvalue weighted by Gasteiger charge is 2.16. The van der Waals surface area contributed by atoms with Crippen LogP contribution in [0.2, 0.25) is 5.02 Å². The molecule has 0 bridgehead atoms. The van der Waals surface area contributed by atoms with Gasteiger partial charge in [-0.05, 0) is 25.5 Å². The molecule has 0 aliphatic carbocycles. The summed E-state index contributed by atoms with van der Waals surface area (Å²) in [6, 6.07) is 6.17. The number of halogens is 2. The predicted octanol–water partition coefficient (Wildman–Crippen LogP) is 4.16. The molecule has 0 spiro atoms. The summed E-state index contributed by atoms with van der Waals surface area (Å²) in [7, 11) is 3.52. The molecule has 0 saturated carbocycles. The van der Waals surface area contributed by atoms with Crippen LogP contribution in [-0.2, 0) is 32.0 Å². The van der Waals surface area contributed by atoms with Crippen LogP contribution in [0.4, 0.5) is 4.39 Å². The van der Waals surface area contributed by atoms with Crippen molar-refractivity contribution in [2.45, 2.75) is 26.9 Å². The van der Waals surface area contributed by atoms with Crippen LogP contribution in [-0.4, -0.2) is 25.8 Å². The molecule has 0 N–H and O–H groups in total. The van der Waals surface area contributed by atoms with Gasteiger partial charge in [-0.2, -0.15) is 10.2 Å². The first-order chi connectivity index (χ1) is 13.4. The van der Waals surface area contributed by atoms with E-state index in [4.69, 9.17) is 21.2 Å². The Balaban J connectivity index is 1.76. The lowest BCUT2D eigenvalue weighted by Crippen LogP contribution is -2.00. The second kappa shape index (κ2) is 8.43. The van der Waals surface area contributed by atoms with E-state index in [1.165, 1.54) is 17.0 Å². The molecule has 0 unspecified atom stereocenters. The zero-order chi connectivity index (χ0) is 20.3. The molecule has 2 aromatic heterocycles. The monoisotopic (exact) mass is 405 g/mol. The van der Waals surface area contributed by atoms with Crippen molar-refractivity contribution in [1.29, 1.82) is 0 Å². The number of para-hydroxylation sites is 1. The van der Waals surface area contributed by atoms with Crippen molar-refractivity contribution >= 4 is 17.8 Å². The van der Waals surface area contributed by atoms with Crippen LogP contribution < -0.4 is 4.74 Å². The van der Waals surface area contributed by atoms with Gasteiger partial charge < -0.3 is 9.57 Å². The fourth-order valence-corrected chi connectivity index (χ4v) is 3.07. The Morgan fingerprint density at radius 1 is 1.21 bits per heavy atom. The summed E-state index contributed by atoms with van der Waals surface area (Å²) in [6.45, 7) is 3.96. The summed E-state index contributed by atoms with van der Waals surface area (Å²) in [5.74, 6) is 0.00897.